The molecule has 74 valence electrons. The molecule has 3 saturated heterocycles. The van der Waals surface area contributed by atoms with Crippen LogP contribution in [0, 0.1) is 22.2 Å². The van der Waals surface area contributed by atoms with E-state index in [2.05, 4.69) is 6.07 Å². The Labute approximate surface area is 81.8 Å². The quantitative estimate of drug-likeness (QED) is 0.529. The second-order valence-electron chi connectivity index (χ2n) is 4.98. The molecule has 3 rings (SSSR count). The lowest BCUT2D eigenvalue weighted by molar-refractivity contribution is -0.147. The number of carbonyl (C=O) groups is 1. The van der Waals surface area contributed by atoms with Gasteiger partial charge in [0.2, 0.25) is 0 Å². The summed E-state index contributed by atoms with van der Waals surface area (Å²) in [5.41, 5.74) is -1.14. The Kier molecular flexibility index (Phi) is 1.16. The number of carbonyl (C=O) groups excluding carboxylic acids is 1. The molecule has 0 radical (unpaired) electrons. The van der Waals surface area contributed by atoms with E-state index in [1.165, 1.54) is 0 Å². The lowest BCUT2D eigenvalue weighted by Crippen LogP contribution is -2.43. The number of nitriles is 1. The number of nitrogens with zero attached hydrogens (tertiary/aromatic N) is 1. The van der Waals surface area contributed by atoms with Crippen LogP contribution in [0.5, 0.6) is 0 Å². The Bertz CT molecular complexity index is 370. The average Bonchev–Trinajstić information content (AvgIpc) is 2.67. The Morgan fingerprint density at radius 3 is 2.79 bits per heavy atom. The molecule has 4 heteroatoms. The third-order valence-electron chi connectivity index (χ3n) is 3.94. The molecule has 0 aromatic heterocycles. The number of fused-ring (bicyclic) bond motifs is 1. The van der Waals surface area contributed by atoms with Crippen molar-refractivity contribution >= 4 is 5.97 Å². The highest BCUT2D eigenvalue weighted by Gasteiger charge is 2.75. The van der Waals surface area contributed by atoms with Gasteiger partial charge in [0.25, 0.3) is 0 Å². The largest absolute Gasteiger partial charge is 0.458 e. The van der Waals surface area contributed by atoms with Gasteiger partial charge in [0.05, 0.1) is 12.2 Å². The minimum absolute atomic E-state index is 0.0106. The second kappa shape index (κ2) is 1.96. The molecule has 3 heterocycles. The Hall–Kier alpha value is -1.08. The van der Waals surface area contributed by atoms with Gasteiger partial charge in [0.15, 0.2) is 5.41 Å². The van der Waals surface area contributed by atoms with Crippen LogP contribution < -0.4 is 0 Å². The molecule has 2 bridgehead atoms. The Morgan fingerprint density at radius 1 is 1.50 bits per heavy atom. The number of rotatable bonds is 0. The van der Waals surface area contributed by atoms with Gasteiger partial charge < -0.3 is 9.47 Å². The highest BCUT2D eigenvalue weighted by Crippen LogP contribution is 2.61. The third-order valence-corrected chi connectivity index (χ3v) is 3.94. The first-order chi connectivity index (χ1) is 6.52. The van der Waals surface area contributed by atoms with E-state index < -0.39 is 5.41 Å². The molecule has 4 unspecified atom stereocenters. The SMILES string of the molecule is CC1(C)C2CC3(C#N)C(=O)OC1C3O2. The maximum absolute atomic E-state index is 11.6. The van der Waals surface area contributed by atoms with E-state index in [0.29, 0.717) is 6.42 Å². The van der Waals surface area contributed by atoms with E-state index in [9.17, 15) is 4.79 Å². The number of hydrogen-bond acceptors (Lipinski definition) is 4. The van der Waals surface area contributed by atoms with Crippen molar-refractivity contribution in [2.24, 2.45) is 10.8 Å². The van der Waals surface area contributed by atoms with E-state index in [1.54, 1.807) is 0 Å². The van der Waals surface area contributed by atoms with Crippen molar-refractivity contribution in [3.63, 3.8) is 0 Å². The van der Waals surface area contributed by atoms with Gasteiger partial charge in [0, 0.05) is 11.8 Å². The standard InChI is InChI=1S/C10H11NO3/c1-9(2)5-3-10(4-11)7(13-5)6(9)14-8(10)12/h5-7H,3H2,1-2H3. The lowest BCUT2D eigenvalue weighted by atomic mass is 9.66. The summed E-state index contributed by atoms with van der Waals surface area (Å²) in [4.78, 5) is 11.6. The van der Waals surface area contributed by atoms with Crippen molar-refractivity contribution in [2.75, 3.05) is 0 Å². The number of ether oxygens (including phenoxy) is 2. The first-order valence-corrected chi connectivity index (χ1v) is 4.80. The predicted octanol–water partition coefficient (Wildman–Crippen LogP) is 0.619. The molecule has 4 nitrogen and oxygen atoms in total. The molecule has 0 N–H and O–H groups in total. The molecule has 0 aromatic rings. The van der Waals surface area contributed by atoms with E-state index in [1.807, 2.05) is 13.8 Å². The van der Waals surface area contributed by atoms with Gasteiger partial charge in [-0.25, -0.2) is 0 Å². The third kappa shape index (κ3) is 0.583. The van der Waals surface area contributed by atoms with Crippen molar-refractivity contribution in [2.45, 2.75) is 38.6 Å². The molecule has 0 aliphatic carbocycles. The summed E-state index contributed by atoms with van der Waals surface area (Å²) in [5, 5.41) is 9.08. The van der Waals surface area contributed by atoms with Crippen molar-refractivity contribution in [3.8, 4) is 6.07 Å². The Balaban J connectivity index is 2.14. The minimum Gasteiger partial charge on any atom is -0.458 e. The average molecular weight is 193 g/mol. The van der Waals surface area contributed by atoms with E-state index in [4.69, 9.17) is 14.7 Å². The van der Waals surface area contributed by atoms with Crippen LogP contribution in [0.2, 0.25) is 0 Å². The highest BCUT2D eigenvalue weighted by atomic mass is 16.6. The van der Waals surface area contributed by atoms with Crippen LogP contribution >= 0.6 is 0 Å². The van der Waals surface area contributed by atoms with Crippen LogP contribution in [0.3, 0.4) is 0 Å². The predicted molar refractivity (Wildman–Crippen MR) is 45.0 cm³/mol. The van der Waals surface area contributed by atoms with Crippen LogP contribution in [-0.4, -0.2) is 24.3 Å². The smallest absolute Gasteiger partial charge is 0.329 e. The molecule has 0 saturated carbocycles. The normalized spacial score (nSPS) is 51.8. The fraction of sp³-hybridized carbons (Fsp3) is 0.800. The van der Waals surface area contributed by atoms with Crippen molar-refractivity contribution in [1.82, 2.24) is 0 Å². The maximum Gasteiger partial charge on any atom is 0.329 e. The molecule has 3 aliphatic heterocycles. The fourth-order valence-corrected chi connectivity index (χ4v) is 2.88. The molecular weight excluding hydrogens is 182 g/mol. The van der Waals surface area contributed by atoms with Crippen LogP contribution in [0.1, 0.15) is 20.3 Å². The van der Waals surface area contributed by atoms with Crippen LogP contribution in [0.25, 0.3) is 0 Å². The van der Waals surface area contributed by atoms with Crippen LogP contribution in [0.4, 0.5) is 0 Å². The van der Waals surface area contributed by atoms with Gasteiger partial charge in [-0.2, -0.15) is 5.26 Å². The summed E-state index contributed by atoms with van der Waals surface area (Å²) in [6, 6.07) is 2.09. The summed E-state index contributed by atoms with van der Waals surface area (Å²) in [5.74, 6) is -0.386. The highest BCUT2D eigenvalue weighted by molar-refractivity contribution is 5.85. The minimum atomic E-state index is -0.995. The molecule has 14 heavy (non-hydrogen) atoms. The van der Waals surface area contributed by atoms with Crippen molar-refractivity contribution in [1.29, 1.82) is 5.26 Å². The van der Waals surface area contributed by atoms with Crippen molar-refractivity contribution < 1.29 is 14.3 Å². The molecule has 3 aliphatic rings. The molecular formula is C10H11NO3. The molecule has 3 fully saturated rings. The van der Waals surface area contributed by atoms with Crippen molar-refractivity contribution in [3.05, 3.63) is 0 Å². The molecule has 4 atom stereocenters. The number of esters is 1. The zero-order valence-corrected chi connectivity index (χ0v) is 8.11. The second-order valence-corrected chi connectivity index (χ2v) is 4.98. The van der Waals surface area contributed by atoms with Gasteiger partial charge in [0.1, 0.15) is 12.2 Å². The first kappa shape index (κ1) is 8.25. The van der Waals surface area contributed by atoms with Crippen LogP contribution in [-0.2, 0) is 14.3 Å². The summed E-state index contributed by atoms with van der Waals surface area (Å²) in [6.45, 7) is 4.06. The Morgan fingerprint density at radius 2 is 2.21 bits per heavy atom. The van der Waals surface area contributed by atoms with E-state index in [-0.39, 0.29) is 29.7 Å². The van der Waals surface area contributed by atoms with E-state index >= 15 is 0 Å². The zero-order chi connectivity index (χ0) is 10.1. The van der Waals surface area contributed by atoms with Gasteiger partial charge in [-0.1, -0.05) is 13.8 Å². The van der Waals surface area contributed by atoms with Gasteiger partial charge in [-0.05, 0) is 0 Å². The van der Waals surface area contributed by atoms with Gasteiger partial charge >= 0.3 is 5.97 Å². The lowest BCUT2D eigenvalue weighted by Gasteiger charge is -2.30. The summed E-state index contributed by atoms with van der Waals surface area (Å²) in [6.07, 6.45) is -0.0757. The van der Waals surface area contributed by atoms with Gasteiger partial charge in [-0.3, -0.25) is 4.79 Å². The maximum atomic E-state index is 11.6. The summed E-state index contributed by atoms with van der Waals surface area (Å²) >= 11 is 0. The summed E-state index contributed by atoms with van der Waals surface area (Å²) in [7, 11) is 0. The van der Waals surface area contributed by atoms with Crippen LogP contribution in [0.15, 0.2) is 0 Å². The number of hydrogen-bond donors (Lipinski definition) is 0. The molecule has 0 amide bonds. The summed E-state index contributed by atoms with van der Waals surface area (Å²) < 4.78 is 10.9. The first-order valence-electron chi connectivity index (χ1n) is 4.80. The molecule has 0 aromatic carbocycles. The molecule has 0 spiro atoms. The van der Waals surface area contributed by atoms with E-state index in [0.717, 1.165) is 0 Å². The van der Waals surface area contributed by atoms with Gasteiger partial charge in [-0.15, -0.1) is 0 Å². The zero-order valence-electron chi connectivity index (χ0n) is 8.11. The topological polar surface area (TPSA) is 59.3 Å². The monoisotopic (exact) mass is 193 g/mol. The fourth-order valence-electron chi connectivity index (χ4n) is 2.88.